The second kappa shape index (κ2) is 8.65. The molecule has 7 heteroatoms. The number of benzene rings is 3. The SMILES string of the molecule is O=C1NC(=O)N(c2ccc(Br)cc2)C(=O)/C1=C/c1ccccc1Cc1ccccc1F. The summed E-state index contributed by atoms with van der Waals surface area (Å²) in [6, 6.07) is 19.3. The molecule has 154 valence electrons. The van der Waals surface area contributed by atoms with Crippen LogP contribution in [0.5, 0.6) is 0 Å². The second-order valence-electron chi connectivity index (χ2n) is 6.90. The van der Waals surface area contributed by atoms with Crippen LogP contribution >= 0.6 is 15.9 Å². The van der Waals surface area contributed by atoms with Gasteiger partial charge in [0.05, 0.1) is 5.69 Å². The molecule has 1 aliphatic heterocycles. The second-order valence-corrected chi connectivity index (χ2v) is 7.82. The van der Waals surface area contributed by atoms with Crippen molar-refractivity contribution in [2.75, 3.05) is 4.90 Å². The molecule has 31 heavy (non-hydrogen) atoms. The highest BCUT2D eigenvalue weighted by molar-refractivity contribution is 9.10. The number of imide groups is 2. The summed E-state index contributed by atoms with van der Waals surface area (Å²) in [7, 11) is 0. The Bertz CT molecular complexity index is 1220. The Morgan fingerprint density at radius 2 is 1.52 bits per heavy atom. The van der Waals surface area contributed by atoms with Gasteiger partial charge in [0, 0.05) is 10.9 Å². The number of amides is 4. The third-order valence-electron chi connectivity index (χ3n) is 4.88. The normalized spacial score (nSPS) is 15.4. The molecule has 0 bridgehead atoms. The number of halogens is 2. The first kappa shape index (κ1) is 20.7. The summed E-state index contributed by atoms with van der Waals surface area (Å²) in [4.78, 5) is 38.8. The van der Waals surface area contributed by atoms with Crippen molar-refractivity contribution in [1.82, 2.24) is 5.32 Å². The topological polar surface area (TPSA) is 66.5 Å². The van der Waals surface area contributed by atoms with Crippen LogP contribution in [0.25, 0.3) is 6.08 Å². The third kappa shape index (κ3) is 4.32. The van der Waals surface area contributed by atoms with Crippen LogP contribution in [0.3, 0.4) is 0 Å². The minimum atomic E-state index is -0.811. The number of nitrogens with zero attached hydrogens (tertiary/aromatic N) is 1. The summed E-state index contributed by atoms with van der Waals surface area (Å²) >= 11 is 3.31. The van der Waals surface area contributed by atoms with Gasteiger partial charge in [-0.15, -0.1) is 0 Å². The molecule has 0 saturated carbocycles. The predicted octanol–water partition coefficient (Wildman–Crippen LogP) is 4.85. The molecule has 1 aliphatic rings. The molecule has 0 atom stereocenters. The summed E-state index contributed by atoms with van der Waals surface area (Å²) in [5.74, 6) is -1.83. The van der Waals surface area contributed by atoms with Gasteiger partial charge < -0.3 is 0 Å². The van der Waals surface area contributed by atoms with E-state index in [4.69, 9.17) is 0 Å². The molecule has 3 aromatic rings. The van der Waals surface area contributed by atoms with Crippen molar-refractivity contribution in [2.24, 2.45) is 0 Å². The fourth-order valence-corrected chi connectivity index (χ4v) is 3.58. The largest absolute Gasteiger partial charge is 0.335 e. The van der Waals surface area contributed by atoms with E-state index in [1.165, 1.54) is 12.1 Å². The molecule has 1 heterocycles. The molecule has 1 fully saturated rings. The summed E-state index contributed by atoms with van der Waals surface area (Å²) in [5.41, 5.74) is 1.99. The van der Waals surface area contributed by atoms with Gasteiger partial charge in [-0.2, -0.15) is 0 Å². The highest BCUT2D eigenvalue weighted by Crippen LogP contribution is 2.25. The van der Waals surface area contributed by atoms with E-state index in [-0.39, 0.29) is 17.8 Å². The minimum absolute atomic E-state index is 0.177. The van der Waals surface area contributed by atoms with E-state index in [0.29, 0.717) is 16.8 Å². The fraction of sp³-hybridized carbons (Fsp3) is 0.0417. The van der Waals surface area contributed by atoms with Gasteiger partial charge in [0.25, 0.3) is 11.8 Å². The van der Waals surface area contributed by atoms with Gasteiger partial charge in [-0.05, 0) is 53.1 Å². The van der Waals surface area contributed by atoms with Crippen molar-refractivity contribution in [3.8, 4) is 0 Å². The van der Waals surface area contributed by atoms with E-state index in [9.17, 15) is 18.8 Å². The lowest BCUT2D eigenvalue weighted by molar-refractivity contribution is -0.122. The van der Waals surface area contributed by atoms with E-state index in [1.54, 1.807) is 60.7 Å². The van der Waals surface area contributed by atoms with Crippen molar-refractivity contribution >= 4 is 45.5 Å². The average molecular weight is 479 g/mol. The van der Waals surface area contributed by atoms with Crippen molar-refractivity contribution in [1.29, 1.82) is 0 Å². The van der Waals surface area contributed by atoms with Crippen molar-refractivity contribution in [3.63, 3.8) is 0 Å². The molecule has 0 spiro atoms. The van der Waals surface area contributed by atoms with Crippen LogP contribution in [0, 0.1) is 5.82 Å². The van der Waals surface area contributed by atoms with Crippen LogP contribution < -0.4 is 10.2 Å². The van der Waals surface area contributed by atoms with Crippen molar-refractivity contribution in [2.45, 2.75) is 6.42 Å². The van der Waals surface area contributed by atoms with Gasteiger partial charge in [0.1, 0.15) is 11.4 Å². The maximum Gasteiger partial charge on any atom is 0.335 e. The summed E-state index contributed by atoms with van der Waals surface area (Å²) in [5, 5.41) is 2.21. The Balaban J connectivity index is 1.71. The first-order valence-corrected chi connectivity index (χ1v) is 10.2. The fourth-order valence-electron chi connectivity index (χ4n) is 3.32. The Labute approximate surface area is 186 Å². The first-order valence-electron chi connectivity index (χ1n) is 9.42. The zero-order chi connectivity index (χ0) is 22.0. The molecule has 4 rings (SSSR count). The van der Waals surface area contributed by atoms with Crippen LogP contribution in [0.1, 0.15) is 16.7 Å². The van der Waals surface area contributed by atoms with Crippen LogP contribution in [0.15, 0.2) is 82.8 Å². The molecule has 0 unspecified atom stereocenters. The van der Waals surface area contributed by atoms with Crippen LogP contribution in [0.2, 0.25) is 0 Å². The van der Waals surface area contributed by atoms with E-state index in [0.717, 1.165) is 14.9 Å². The van der Waals surface area contributed by atoms with Gasteiger partial charge in [-0.1, -0.05) is 58.4 Å². The number of rotatable bonds is 4. The Morgan fingerprint density at radius 3 is 2.23 bits per heavy atom. The number of carbonyl (C=O) groups excluding carboxylic acids is 3. The van der Waals surface area contributed by atoms with Crippen molar-refractivity contribution < 1.29 is 18.8 Å². The third-order valence-corrected chi connectivity index (χ3v) is 5.41. The summed E-state index contributed by atoms with van der Waals surface area (Å²) < 4.78 is 14.9. The average Bonchev–Trinajstić information content (AvgIpc) is 2.75. The van der Waals surface area contributed by atoms with Gasteiger partial charge in [-0.25, -0.2) is 14.1 Å². The maximum atomic E-state index is 14.1. The standard InChI is InChI=1S/C24H16BrFN2O3/c25-18-9-11-19(12-10-18)28-23(30)20(22(29)27-24(28)31)14-16-6-2-1-5-15(16)13-17-7-3-4-8-21(17)26/h1-12,14H,13H2,(H,27,29,31)/b20-14+. The highest BCUT2D eigenvalue weighted by atomic mass is 79.9. The number of carbonyl (C=O) groups is 3. The molecule has 0 aromatic heterocycles. The lowest BCUT2D eigenvalue weighted by atomic mass is 9.97. The minimum Gasteiger partial charge on any atom is -0.273 e. The zero-order valence-electron chi connectivity index (χ0n) is 16.1. The monoisotopic (exact) mass is 478 g/mol. The lowest BCUT2D eigenvalue weighted by Gasteiger charge is -2.26. The number of hydrogen-bond donors (Lipinski definition) is 1. The van der Waals surface area contributed by atoms with Crippen LogP contribution in [0.4, 0.5) is 14.9 Å². The number of hydrogen-bond acceptors (Lipinski definition) is 3. The Hall–Kier alpha value is -3.58. The van der Waals surface area contributed by atoms with Gasteiger partial charge in [0.2, 0.25) is 0 Å². The quantitative estimate of drug-likeness (QED) is 0.430. The molecule has 0 aliphatic carbocycles. The smallest absolute Gasteiger partial charge is 0.273 e. The first-order chi connectivity index (χ1) is 14.9. The molecule has 1 saturated heterocycles. The van der Waals surface area contributed by atoms with E-state index < -0.39 is 17.8 Å². The van der Waals surface area contributed by atoms with E-state index >= 15 is 0 Å². The van der Waals surface area contributed by atoms with Gasteiger partial charge in [-0.3, -0.25) is 14.9 Å². The predicted molar refractivity (Wildman–Crippen MR) is 119 cm³/mol. The molecule has 1 N–H and O–H groups in total. The zero-order valence-corrected chi connectivity index (χ0v) is 17.7. The molecule has 4 amide bonds. The summed E-state index contributed by atoms with van der Waals surface area (Å²) in [6.07, 6.45) is 1.73. The number of nitrogens with one attached hydrogen (secondary N) is 1. The molecule has 5 nitrogen and oxygen atoms in total. The number of anilines is 1. The van der Waals surface area contributed by atoms with E-state index in [1.807, 2.05) is 6.07 Å². The highest BCUT2D eigenvalue weighted by Gasteiger charge is 2.36. The number of urea groups is 1. The molecular weight excluding hydrogens is 463 g/mol. The van der Waals surface area contributed by atoms with Crippen LogP contribution in [-0.2, 0) is 16.0 Å². The molecular formula is C24H16BrFN2O3. The van der Waals surface area contributed by atoms with Gasteiger partial charge in [0.15, 0.2) is 0 Å². The maximum absolute atomic E-state index is 14.1. The van der Waals surface area contributed by atoms with Crippen molar-refractivity contribution in [3.05, 3.63) is 105 Å². The molecule has 0 radical (unpaired) electrons. The Morgan fingerprint density at radius 1 is 0.871 bits per heavy atom. The van der Waals surface area contributed by atoms with E-state index in [2.05, 4.69) is 21.2 Å². The van der Waals surface area contributed by atoms with Gasteiger partial charge >= 0.3 is 6.03 Å². The molecule has 3 aromatic carbocycles. The lowest BCUT2D eigenvalue weighted by Crippen LogP contribution is -2.54. The number of barbiturate groups is 1. The Kier molecular flexibility index (Phi) is 5.77. The summed E-state index contributed by atoms with van der Waals surface area (Å²) in [6.45, 7) is 0. The van der Waals surface area contributed by atoms with Crippen LogP contribution in [-0.4, -0.2) is 17.8 Å².